The van der Waals surface area contributed by atoms with E-state index >= 15 is 0 Å². The van der Waals surface area contributed by atoms with Gasteiger partial charge in [-0.25, -0.2) is 0 Å². The van der Waals surface area contributed by atoms with Crippen molar-refractivity contribution in [3.05, 3.63) is 149 Å². The third-order valence-corrected chi connectivity index (χ3v) is 11.7. The number of aromatic nitrogens is 1. The van der Waals surface area contributed by atoms with Crippen LogP contribution in [0, 0.1) is 0 Å². The number of nitrogens with zero attached hydrogens (tertiary/aromatic N) is 2. The molecule has 4 aromatic carbocycles. The SMILES string of the molecule is CC1(C)c2ccc3c(c2N(C2C=CC=CC2)c2ccc4c(c5c(n4-c4cccc(-c6ccccc6)c4)CCC=C5)c21)C1CCC=CC1N3. The van der Waals surface area contributed by atoms with Crippen LogP contribution in [0.4, 0.5) is 17.1 Å². The van der Waals surface area contributed by atoms with E-state index in [-0.39, 0.29) is 11.5 Å². The van der Waals surface area contributed by atoms with Gasteiger partial charge in [0.2, 0.25) is 0 Å². The molecule has 48 heavy (non-hydrogen) atoms. The van der Waals surface area contributed by atoms with Crippen molar-refractivity contribution in [3.63, 3.8) is 0 Å². The maximum atomic E-state index is 3.91. The third-order valence-electron chi connectivity index (χ3n) is 11.7. The zero-order valence-corrected chi connectivity index (χ0v) is 27.8. The van der Waals surface area contributed by atoms with Crippen molar-refractivity contribution in [1.82, 2.24) is 4.57 Å². The van der Waals surface area contributed by atoms with Gasteiger partial charge >= 0.3 is 0 Å². The number of hydrogen-bond acceptors (Lipinski definition) is 2. The van der Waals surface area contributed by atoms with Gasteiger partial charge in [-0.2, -0.15) is 0 Å². The summed E-state index contributed by atoms with van der Waals surface area (Å²) in [4.78, 5) is 2.74. The van der Waals surface area contributed by atoms with Crippen LogP contribution in [0.5, 0.6) is 0 Å². The summed E-state index contributed by atoms with van der Waals surface area (Å²) in [7, 11) is 0. The second-order valence-corrected chi connectivity index (χ2v) is 14.7. The van der Waals surface area contributed by atoms with Gasteiger partial charge in [0.25, 0.3) is 0 Å². The van der Waals surface area contributed by atoms with Gasteiger partial charge in [-0.05, 0) is 84.7 Å². The lowest BCUT2D eigenvalue weighted by Gasteiger charge is -2.47. The van der Waals surface area contributed by atoms with Crippen molar-refractivity contribution in [2.75, 3.05) is 10.2 Å². The van der Waals surface area contributed by atoms with E-state index in [1.807, 2.05) is 0 Å². The average molecular weight is 624 g/mol. The topological polar surface area (TPSA) is 20.2 Å². The zero-order valence-electron chi connectivity index (χ0n) is 27.8. The number of anilines is 3. The summed E-state index contributed by atoms with van der Waals surface area (Å²) < 4.78 is 2.58. The lowest BCUT2D eigenvalue weighted by molar-refractivity contribution is 0.584. The second-order valence-electron chi connectivity index (χ2n) is 14.7. The summed E-state index contributed by atoms with van der Waals surface area (Å²) in [6.45, 7) is 4.97. The molecule has 10 rings (SSSR count). The summed E-state index contributed by atoms with van der Waals surface area (Å²) in [6.07, 6.45) is 24.3. The molecule has 0 fully saturated rings. The predicted molar refractivity (Wildman–Crippen MR) is 202 cm³/mol. The fourth-order valence-corrected chi connectivity index (χ4v) is 9.60. The Morgan fingerprint density at radius 2 is 1.71 bits per heavy atom. The lowest BCUT2D eigenvalue weighted by atomic mass is 9.69. The number of fused-ring (bicyclic) bond motifs is 10. The standard InChI is InChI=1S/C45H41N3/c1-45(2)35-24-25-37-41(33-20-9-11-22-36(33)46-37)44(35)48(31-17-7-4-8-18-31)40-27-26-39-42(43(40)45)34-21-10-12-23-38(34)47(39)32-19-13-16-30(28-32)29-14-5-3-6-15-29/h3-8,10-11,13-17,19,21-22,24-28,31,33,36,46H,9,12,18,20,23H2,1-2H3. The Labute approximate surface area is 283 Å². The molecule has 5 aromatic rings. The lowest BCUT2D eigenvalue weighted by Crippen LogP contribution is -2.39. The smallest absolute Gasteiger partial charge is 0.0560 e. The molecule has 3 atom stereocenters. The molecule has 0 spiro atoms. The Bertz CT molecular complexity index is 2240. The van der Waals surface area contributed by atoms with Crippen LogP contribution in [-0.4, -0.2) is 16.7 Å². The van der Waals surface area contributed by atoms with Crippen LogP contribution in [0.1, 0.15) is 73.4 Å². The van der Waals surface area contributed by atoms with Gasteiger partial charge in [0.1, 0.15) is 0 Å². The molecular weight excluding hydrogens is 583 g/mol. The molecule has 1 N–H and O–H groups in total. The van der Waals surface area contributed by atoms with Crippen molar-refractivity contribution in [2.24, 2.45) is 0 Å². The first-order chi connectivity index (χ1) is 23.6. The normalized spacial score (nSPS) is 22.5. The van der Waals surface area contributed by atoms with E-state index in [2.05, 4.69) is 156 Å². The molecule has 1 aromatic heterocycles. The Kier molecular flexibility index (Phi) is 6.13. The van der Waals surface area contributed by atoms with Gasteiger partial charge in [0, 0.05) is 50.6 Å². The summed E-state index contributed by atoms with van der Waals surface area (Å²) >= 11 is 0. The minimum Gasteiger partial charge on any atom is -0.378 e. The van der Waals surface area contributed by atoms with E-state index in [1.165, 1.54) is 79.1 Å². The van der Waals surface area contributed by atoms with Crippen molar-refractivity contribution < 1.29 is 0 Å². The van der Waals surface area contributed by atoms with Crippen LogP contribution in [0.15, 0.2) is 121 Å². The molecule has 3 nitrogen and oxygen atoms in total. The molecular formula is C45H41N3. The highest BCUT2D eigenvalue weighted by molar-refractivity contribution is 6.03. The summed E-state index contributed by atoms with van der Waals surface area (Å²) in [5, 5.41) is 5.33. The highest BCUT2D eigenvalue weighted by atomic mass is 15.2. The molecule has 0 amide bonds. The van der Waals surface area contributed by atoms with Crippen LogP contribution in [-0.2, 0) is 11.8 Å². The Balaban J connectivity index is 1.25. The largest absolute Gasteiger partial charge is 0.378 e. The molecule has 3 aliphatic carbocycles. The average Bonchev–Trinajstić information content (AvgIpc) is 3.68. The Morgan fingerprint density at radius 3 is 2.58 bits per heavy atom. The molecule has 236 valence electrons. The molecule has 0 saturated carbocycles. The maximum absolute atomic E-state index is 3.91. The zero-order chi connectivity index (χ0) is 32.0. The van der Waals surface area contributed by atoms with Crippen molar-refractivity contribution in [3.8, 4) is 16.8 Å². The first kappa shape index (κ1) is 28.0. The van der Waals surface area contributed by atoms with E-state index < -0.39 is 0 Å². The minimum absolute atomic E-state index is 0.191. The van der Waals surface area contributed by atoms with Gasteiger partial charge < -0.3 is 14.8 Å². The maximum Gasteiger partial charge on any atom is 0.0560 e. The molecule has 0 radical (unpaired) electrons. The van der Waals surface area contributed by atoms with Crippen molar-refractivity contribution in [1.29, 1.82) is 0 Å². The van der Waals surface area contributed by atoms with Crippen LogP contribution in [0.25, 0.3) is 33.8 Å². The Morgan fingerprint density at radius 1 is 0.812 bits per heavy atom. The van der Waals surface area contributed by atoms with Crippen LogP contribution in [0.2, 0.25) is 0 Å². The minimum atomic E-state index is -0.191. The van der Waals surface area contributed by atoms with Crippen molar-refractivity contribution in [2.45, 2.75) is 69.4 Å². The first-order valence-corrected chi connectivity index (χ1v) is 17.9. The van der Waals surface area contributed by atoms with Crippen molar-refractivity contribution >= 4 is 34.0 Å². The number of benzene rings is 4. The van der Waals surface area contributed by atoms with Gasteiger partial charge in [0.05, 0.1) is 23.3 Å². The number of allylic oxidation sites excluding steroid dienone is 4. The predicted octanol–water partition coefficient (Wildman–Crippen LogP) is 11.1. The van der Waals surface area contributed by atoms with E-state index in [4.69, 9.17) is 0 Å². The fourth-order valence-electron chi connectivity index (χ4n) is 9.60. The van der Waals surface area contributed by atoms with Gasteiger partial charge in [-0.1, -0.05) is 111 Å². The van der Waals surface area contributed by atoms with E-state index in [0.29, 0.717) is 12.0 Å². The molecule has 5 aliphatic rings. The van der Waals surface area contributed by atoms with Gasteiger partial charge in [-0.3, -0.25) is 0 Å². The quantitative estimate of drug-likeness (QED) is 0.202. The van der Waals surface area contributed by atoms with Crippen LogP contribution >= 0.6 is 0 Å². The van der Waals surface area contributed by atoms with E-state index in [0.717, 1.165) is 25.7 Å². The van der Waals surface area contributed by atoms with Gasteiger partial charge in [-0.15, -0.1) is 0 Å². The summed E-state index contributed by atoms with van der Waals surface area (Å²) in [5.41, 5.74) is 16.3. The molecule has 2 aliphatic heterocycles. The molecule has 3 heterocycles. The van der Waals surface area contributed by atoms with Crippen LogP contribution in [0.3, 0.4) is 0 Å². The highest BCUT2D eigenvalue weighted by Crippen LogP contribution is 2.59. The Hall–Kier alpha value is -5.02. The van der Waals surface area contributed by atoms with E-state index in [1.54, 1.807) is 0 Å². The monoisotopic (exact) mass is 623 g/mol. The number of nitrogens with one attached hydrogen (secondary N) is 1. The molecule has 3 heteroatoms. The molecule has 0 saturated heterocycles. The van der Waals surface area contributed by atoms with Crippen LogP contribution < -0.4 is 10.2 Å². The summed E-state index contributed by atoms with van der Waals surface area (Å²) in [6, 6.07) is 30.3. The molecule has 0 bridgehead atoms. The fraction of sp³-hybridized carbons (Fsp3) is 0.244. The highest BCUT2D eigenvalue weighted by Gasteiger charge is 2.45. The first-order valence-electron chi connectivity index (χ1n) is 17.9. The van der Waals surface area contributed by atoms with Gasteiger partial charge in [0.15, 0.2) is 0 Å². The molecule has 3 unspecified atom stereocenters. The van der Waals surface area contributed by atoms with E-state index in [9.17, 15) is 0 Å². The number of rotatable bonds is 3. The summed E-state index contributed by atoms with van der Waals surface area (Å²) in [5.74, 6) is 0.500. The number of hydrogen-bond donors (Lipinski definition) is 1. The third kappa shape index (κ3) is 3.94. The second kappa shape index (κ2) is 10.5.